The summed E-state index contributed by atoms with van der Waals surface area (Å²) < 4.78 is 0. The summed E-state index contributed by atoms with van der Waals surface area (Å²) >= 11 is 0. The van der Waals surface area contributed by atoms with Gasteiger partial charge in [0.15, 0.2) is 0 Å². The van der Waals surface area contributed by atoms with Crippen LogP contribution in [0.2, 0.25) is 0 Å². The van der Waals surface area contributed by atoms with E-state index in [-0.39, 0.29) is 0 Å². The normalized spacial score (nSPS) is 11.4. The van der Waals surface area contributed by atoms with Crippen molar-refractivity contribution >= 4 is 0 Å². The third kappa shape index (κ3) is 3.30. The second-order valence-corrected chi connectivity index (χ2v) is 2.41. The zero-order valence-corrected chi connectivity index (χ0v) is 7.23. The fraction of sp³-hybridized carbons (Fsp3) is 0.500. The first-order valence-corrected chi connectivity index (χ1v) is 3.33. The van der Waals surface area contributed by atoms with Gasteiger partial charge in [-0.1, -0.05) is 12.2 Å². The molecule has 0 amide bonds. The summed E-state index contributed by atoms with van der Waals surface area (Å²) in [7, 11) is 3.85. The minimum Gasteiger partial charge on any atom is -0.316 e. The third-order valence-electron chi connectivity index (χ3n) is 1.32. The summed E-state index contributed by atoms with van der Waals surface area (Å²) in [6.45, 7) is 7.79. The van der Waals surface area contributed by atoms with Crippen LogP contribution in [-0.4, -0.2) is 19.1 Å². The highest BCUT2D eigenvalue weighted by Crippen LogP contribution is 2.00. The number of allylic oxidation sites excluding steroid dienone is 3. The predicted molar refractivity (Wildman–Crippen MR) is 45.4 cm³/mol. The van der Waals surface area contributed by atoms with Crippen molar-refractivity contribution in [2.75, 3.05) is 14.1 Å². The Bertz CT molecular complexity index is 147. The largest absolute Gasteiger partial charge is 0.316 e. The van der Waals surface area contributed by atoms with Gasteiger partial charge >= 0.3 is 0 Å². The van der Waals surface area contributed by atoms with Crippen LogP contribution in [0.5, 0.6) is 0 Å². The van der Waals surface area contributed by atoms with Crippen molar-refractivity contribution in [1.29, 1.82) is 0 Å². The average Bonchev–Trinajstić information content (AvgIpc) is 1.85. The Morgan fingerprint density at radius 1 is 1.50 bits per heavy atom. The maximum absolute atomic E-state index is 3.78. The molecule has 0 aromatic carbocycles. The summed E-state index contributed by atoms with van der Waals surface area (Å²) in [6, 6.07) is 0. The lowest BCUT2D eigenvalue weighted by molar-refractivity contribution is 0.333. The first-order valence-electron chi connectivity index (χ1n) is 3.33. The first-order chi connectivity index (χ1) is 4.57. The van der Waals surface area contributed by atoms with Gasteiger partial charge in [0, 0.05) is 19.8 Å². The van der Waals surface area contributed by atoms with E-state index in [0.717, 1.165) is 11.3 Å². The second-order valence-electron chi connectivity index (χ2n) is 2.41. The van der Waals surface area contributed by atoms with Crippen LogP contribution < -0.4 is 5.43 Å². The highest BCUT2D eigenvalue weighted by atomic mass is 15.5. The fourth-order valence-electron chi connectivity index (χ4n) is 0.630. The molecule has 2 heteroatoms. The van der Waals surface area contributed by atoms with E-state index in [0.29, 0.717) is 0 Å². The molecular formula is C8H16N2. The smallest absolute Gasteiger partial charge is 0.0261 e. The Morgan fingerprint density at radius 2 is 2.00 bits per heavy atom. The van der Waals surface area contributed by atoms with Gasteiger partial charge in [-0.05, 0) is 19.9 Å². The lowest BCUT2D eigenvalue weighted by Gasteiger charge is -2.17. The molecule has 0 spiro atoms. The van der Waals surface area contributed by atoms with Gasteiger partial charge in [-0.15, -0.1) is 0 Å². The molecule has 0 radical (unpaired) electrons. The number of hydrazine groups is 1. The van der Waals surface area contributed by atoms with Crippen LogP contribution >= 0.6 is 0 Å². The number of nitrogens with one attached hydrogen (secondary N) is 1. The molecule has 0 aliphatic carbocycles. The maximum atomic E-state index is 3.78. The van der Waals surface area contributed by atoms with Crippen molar-refractivity contribution < 1.29 is 0 Å². The van der Waals surface area contributed by atoms with Gasteiger partial charge in [0.2, 0.25) is 0 Å². The Hall–Kier alpha value is -0.760. The van der Waals surface area contributed by atoms with Crippen LogP contribution in [0, 0.1) is 0 Å². The van der Waals surface area contributed by atoms with Crippen molar-refractivity contribution in [1.82, 2.24) is 10.4 Å². The van der Waals surface area contributed by atoms with Gasteiger partial charge in [0.1, 0.15) is 0 Å². The molecule has 58 valence electrons. The molecule has 2 nitrogen and oxygen atoms in total. The monoisotopic (exact) mass is 140 g/mol. The van der Waals surface area contributed by atoms with Gasteiger partial charge in [0.05, 0.1) is 0 Å². The molecule has 0 aliphatic heterocycles. The van der Waals surface area contributed by atoms with Crippen LogP contribution in [0.1, 0.15) is 13.8 Å². The summed E-state index contributed by atoms with van der Waals surface area (Å²) in [4.78, 5) is 0. The molecule has 0 unspecified atom stereocenters. The van der Waals surface area contributed by atoms with Crippen LogP contribution in [0.25, 0.3) is 0 Å². The quantitative estimate of drug-likeness (QED) is 0.472. The second kappa shape index (κ2) is 4.12. The summed E-state index contributed by atoms with van der Waals surface area (Å²) in [5.74, 6) is 0. The fourth-order valence-corrected chi connectivity index (χ4v) is 0.630. The van der Waals surface area contributed by atoms with E-state index >= 15 is 0 Å². The highest BCUT2D eigenvalue weighted by molar-refractivity contribution is 5.15. The molecular weight excluding hydrogens is 124 g/mol. The minimum absolute atomic E-state index is 1.07. The number of hydrogen-bond donors (Lipinski definition) is 1. The molecule has 1 N–H and O–H groups in total. The third-order valence-corrected chi connectivity index (χ3v) is 1.32. The van der Waals surface area contributed by atoms with E-state index in [9.17, 15) is 0 Å². The van der Waals surface area contributed by atoms with Crippen LogP contribution in [0.3, 0.4) is 0 Å². The zero-order valence-electron chi connectivity index (χ0n) is 7.23. The molecule has 0 saturated heterocycles. The molecule has 0 rings (SSSR count). The Balaban J connectivity index is 4.04. The molecule has 0 aromatic heterocycles. The zero-order chi connectivity index (χ0) is 8.15. The number of rotatable bonds is 3. The topological polar surface area (TPSA) is 15.3 Å². The van der Waals surface area contributed by atoms with E-state index in [1.807, 2.05) is 39.0 Å². The van der Waals surface area contributed by atoms with Gasteiger partial charge in [-0.3, -0.25) is 0 Å². The highest BCUT2D eigenvalue weighted by Gasteiger charge is 1.92. The van der Waals surface area contributed by atoms with Gasteiger partial charge < -0.3 is 5.01 Å². The Morgan fingerprint density at radius 3 is 2.30 bits per heavy atom. The summed E-state index contributed by atoms with van der Waals surface area (Å²) in [5.41, 5.74) is 5.23. The average molecular weight is 140 g/mol. The first kappa shape index (κ1) is 9.24. The maximum Gasteiger partial charge on any atom is 0.0261 e. The summed E-state index contributed by atoms with van der Waals surface area (Å²) in [5, 5.41) is 1.94. The molecule has 0 saturated carbocycles. The molecule has 0 aromatic rings. The Labute approximate surface area is 63.2 Å². The van der Waals surface area contributed by atoms with E-state index in [1.165, 1.54) is 0 Å². The number of hydrogen-bond acceptors (Lipinski definition) is 2. The van der Waals surface area contributed by atoms with E-state index in [4.69, 9.17) is 0 Å². The van der Waals surface area contributed by atoms with Gasteiger partial charge in [-0.2, -0.15) is 0 Å². The van der Waals surface area contributed by atoms with Crippen LogP contribution in [0.15, 0.2) is 23.9 Å². The molecule has 0 atom stereocenters. The lowest BCUT2D eigenvalue weighted by atomic mass is 10.3. The van der Waals surface area contributed by atoms with Crippen LogP contribution in [0.4, 0.5) is 0 Å². The van der Waals surface area contributed by atoms with Crippen molar-refractivity contribution in [3.63, 3.8) is 0 Å². The SMILES string of the molecule is C=C(C)/C=C(/C)N(C)NC. The minimum atomic E-state index is 1.07. The van der Waals surface area contributed by atoms with E-state index < -0.39 is 0 Å². The molecule has 10 heavy (non-hydrogen) atoms. The van der Waals surface area contributed by atoms with Crippen molar-refractivity contribution in [2.24, 2.45) is 0 Å². The van der Waals surface area contributed by atoms with E-state index in [1.54, 1.807) is 0 Å². The van der Waals surface area contributed by atoms with Gasteiger partial charge in [-0.25, -0.2) is 5.43 Å². The van der Waals surface area contributed by atoms with Gasteiger partial charge in [0.25, 0.3) is 0 Å². The van der Waals surface area contributed by atoms with Crippen LogP contribution in [-0.2, 0) is 0 Å². The number of nitrogens with zero attached hydrogens (tertiary/aromatic N) is 1. The molecule has 0 bridgehead atoms. The summed E-state index contributed by atoms with van der Waals surface area (Å²) in [6.07, 6.45) is 2.02. The van der Waals surface area contributed by atoms with E-state index in [2.05, 4.69) is 12.0 Å². The molecule has 0 aliphatic rings. The lowest BCUT2D eigenvalue weighted by Crippen LogP contribution is -2.28. The van der Waals surface area contributed by atoms with Crippen molar-refractivity contribution in [3.05, 3.63) is 23.9 Å². The standard InChI is InChI=1S/C8H16N2/c1-7(2)6-8(3)10(5)9-4/h6,9H,1H2,2-5H3/b8-6-. The molecule has 0 heterocycles. The van der Waals surface area contributed by atoms with Crippen molar-refractivity contribution in [3.8, 4) is 0 Å². The Kier molecular flexibility index (Phi) is 3.81. The molecule has 0 fully saturated rings. The van der Waals surface area contributed by atoms with Crippen molar-refractivity contribution in [2.45, 2.75) is 13.8 Å². The predicted octanol–water partition coefficient (Wildman–Crippen LogP) is 1.53.